The third kappa shape index (κ3) is 2.04. The fourth-order valence-corrected chi connectivity index (χ4v) is 1.78. The Morgan fingerprint density at radius 3 is 2.61 bits per heavy atom. The van der Waals surface area contributed by atoms with Gasteiger partial charge in [-0.2, -0.15) is 0 Å². The van der Waals surface area contributed by atoms with Gasteiger partial charge in [0.15, 0.2) is 0 Å². The fraction of sp³-hybridized carbons (Fsp3) is 0.167. The molecule has 0 spiro atoms. The molecule has 0 saturated carbocycles. The molecule has 1 aromatic carbocycles. The lowest BCUT2D eigenvalue weighted by molar-refractivity contribution is 0.0596. The molecule has 0 atom stereocenters. The molecule has 0 aliphatic rings. The molecule has 94 valence electrons. The number of hydrogen-bond donors (Lipinski definition) is 0. The van der Waals surface area contributed by atoms with Gasteiger partial charge < -0.3 is 13.9 Å². The second kappa shape index (κ2) is 4.70. The van der Waals surface area contributed by atoms with Gasteiger partial charge >= 0.3 is 11.6 Å². The number of methoxy groups -OCH3 is 2. The molecule has 0 aliphatic carbocycles. The molecule has 0 unspecified atom stereocenters. The van der Waals surface area contributed by atoms with E-state index in [0.717, 1.165) is 0 Å². The van der Waals surface area contributed by atoms with E-state index in [1.54, 1.807) is 6.07 Å². The predicted octanol–water partition coefficient (Wildman–Crippen LogP) is 2.24. The fourth-order valence-electron chi connectivity index (χ4n) is 1.52. The molecule has 6 heteroatoms. The first-order valence-electron chi connectivity index (χ1n) is 4.96. The number of hydrogen-bond acceptors (Lipinski definition) is 5. The second-order valence-electron chi connectivity index (χ2n) is 3.46. The number of esters is 1. The molecule has 2 aromatic rings. The average molecular weight is 269 g/mol. The molecule has 1 aromatic heterocycles. The summed E-state index contributed by atoms with van der Waals surface area (Å²) < 4.78 is 14.5. The molecule has 1 heterocycles. The zero-order valence-electron chi connectivity index (χ0n) is 9.65. The van der Waals surface area contributed by atoms with E-state index < -0.39 is 11.6 Å². The van der Waals surface area contributed by atoms with Gasteiger partial charge in [-0.15, -0.1) is 0 Å². The number of carbonyl (C=O) groups is 1. The van der Waals surface area contributed by atoms with Gasteiger partial charge in [-0.25, -0.2) is 9.59 Å². The van der Waals surface area contributed by atoms with Gasteiger partial charge in [-0.05, 0) is 12.1 Å². The monoisotopic (exact) mass is 268 g/mol. The van der Waals surface area contributed by atoms with Crippen molar-refractivity contribution >= 4 is 28.5 Å². The van der Waals surface area contributed by atoms with Crippen molar-refractivity contribution in [2.45, 2.75) is 0 Å². The van der Waals surface area contributed by atoms with Gasteiger partial charge in [-0.3, -0.25) is 0 Å². The number of fused-ring (bicyclic) bond motifs is 1. The summed E-state index contributed by atoms with van der Waals surface area (Å²) in [6.07, 6.45) is 0. The maximum absolute atomic E-state index is 11.6. The van der Waals surface area contributed by atoms with Gasteiger partial charge in [0.2, 0.25) is 0 Å². The average Bonchev–Trinajstić information content (AvgIpc) is 2.36. The van der Waals surface area contributed by atoms with E-state index in [9.17, 15) is 9.59 Å². The number of halogens is 1. The molecule has 0 N–H and O–H groups in total. The third-order valence-electron chi connectivity index (χ3n) is 2.42. The molecule has 2 rings (SSSR count). The van der Waals surface area contributed by atoms with Crippen molar-refractivity contribution in [1.82, 2.24) is 0 Å². The van der Waals surface area contributed by atoms with Crippen molar-refractivity contribution < 1.29 is 18.7 Å². The second-order valence-corrected chi connectivity index (χ2v) is 3.87. The molecule has 18 heavy (non-hydrogen) atoms. The zero-order chi connectivity index (χ0) is 13.3. The quantitative estimate of drug-likeness (QED) is 0.617. The minimum Gasteiger partial charge on any atom is -0.497 e. The Morgan fingerprint density at radius 1 is 1.28 bits per heavy atom. The van der Waals surface area contributed by atoms with Crippen molar-refractivity contribution in [2.24, 2.45) is 0 Å². The van der Waals surface area contributed by atoms with E-state index in [-0.39, 0.29) is 11.1 Å². The van der Waals surface area contributed by atoms with E-state index in [2.05, 4.69) is 4.74 Å². The van der Waals surface area contributed by atoms with Crippen LogP contribution < -0.4 is 10.4 Å². The molecule has 0 amide bonds. The Bertz CT molecular complexity index is 674. The van der Waals surface area contributed by atoms with E-state index in [1.165, 1.54) is 26.4 Å². The van der Waals surface area contributed by atoms with Gasteiger partial charge in [0, 0.05) is 11.5 Å². The number of carbonyl (C=O) groups excluding carboxylic acids is 1. The van der Waals surface area contributed by atoms with Crippen molar-refractivity contribution in [2.75, 3.05) is 14.2 Å². The first-order valence-corrected chi connectivity index (χ1v) is 5.34. The molecule has 0 saturated heterocycles. The first-order chi connectivity index (χ1) is 8.56. The zero-order valence-corrected chi connectivity index (χ0v) is 10.4. The highest BCUT2D eigenvalue weighted by Crippen LogP contribution is 2.28. The third-order valence-corrected chi connectivity index (χ3v) is 2.73. The Hall–Kier alpha value is -2.01. The standard InChI is InChI=1S/C12H9ClO5/c1-16-6-3-9(13)7-5-8(11(14)17-2)12(15)18-10(7)4-6/h3-5H,1-2H3. The summed E-state index contributed by atoms with van der Waals surface area (Å²) >= 11 is 6.02. The lowest BCUT2D eigenvalue weighted by Gasteiger charge is -2.05. The van der Waals surface area contributed by atoms with Gasteiger partial charge in [0.25, 0.3) is 0 Å². The molecule has 5 nitrogen and oxygen atoms in total. The van der Waals surface area contributed by atoms with Crippen molar-refractivity contribution in [1.29, 1.82) is 0 Å². The van der Waals surface area contributed by atoms with Gasteiger partial charge in [-0.1, -0.05) is 11.6 Å². The molecular formula is C12H9ClO5. The highest BCUT2D eigenvalue weighted by atomic mass is 35.5. The maximum atomic E-state index is 11.6. The van der Waals surface area contributed by atoms with Crippen molar-refractivity contribution in [3.8, 4) is 5.75 Å². The molecule has 0 aliphatic heterocycles. The number of ether oxygens (including phenoxy) is 2. The summed E-state index contributed by atoms with van der Waals surface area (Å²) in [6.45, 7) is 0. The minimum absolute atomic E-state index is 0.197. The smallest absolute Gasteiger partial charge is 0.351 e. The Kier molecular flexibility index (Phi) is 3.25. The first kappa shape index (κ1) is 12.4. The summed E-state index contributed by atoms with van der Waals surface area (Å²) in [5, 5.41) is 0.760. The largest absolute Gasteiger partial charge is 0.497 e. The summed E-state index contributed by atoms with van der Waals surface area (Å²) in [5.74, 6) is -0.306. The van der Waals surface area contributed by atoms with Gasteiger partial charge in [0.1, 0.15) is 16.9 Å². The van der Waals surface area contributed by atoms with Crippen LogP contribution in [0, 0.1) is 0 Å². The van der Waals surface area contributed by atoms with E-state index in [4.69, 9.17) is 20.8 Å². The topological polar surface area (TPSA) is 65.7 Å². The van der Waals surface area contributed by atoms with Crippen LogP contribution in [-0.2, 0) is 4.74 Å². The lowest BCUT2D eigenvalue weighted by atomic mass is 10.2. The Labute approximate surface area is 107 Å². The summed E-state index contributed by atoms with van der Waals surface area (Å²) in [6, 6.07) is 4.42. The van der Waals surface area contributed by atoms with E-state index in [0.29, 0.717) is 16.2 Å². The van der Waals surface area contributed by atoms with Crippen LogP contribution in [0.25, 0.3) is 11.0 Å². The van der Waals surface area contributed by atoms with Crippen LogP contribution in [0.3, 0.4) is 0 Å². The lowest BCUT2D eigenvalue weighted by Crippen LogP contribution is -2.15. The van der Waals surface area contributed by atoms with Crippen LogP contribution >= 0.6 is 11.6 Å². The van der Waals surface area contributed by atoms with Crippen LogP contribution in [0.5, 0.6) is 5.75 Å². The van der Waals surface area contributed by atoms with Crippen LogP contribution in [0.1, 0.15) is 10.4 Å². The summed E-state index contributed by atoms with van der Waals surface area (Å²) in [4.78, 5) is 23.0. The SMILES string of the molecule is COC(=O)c1cc2c(Cl)cc(OC)cc2oc1=O. The van der Waals surface area contributed by atoms with E-state index in [1.807, 2.05) is 0 Å². The minimum atomic E-state index is -0.779. The number of rotatable bonds is 2. The van der Waals surface area contributed by atoms with Crippen LogP contribution in [0.4, 0.5) is 0 Å². The normalized spacial score (nSPS) is 10.4. The van der Waals surface area contributed by atoms with Crippen molar-refractivity contribution in [3.05, 3.63) is 39.2 Å². The Morgan fingerprint density at radius 2 is 2.00 bits per heavy atom. The molecular weight excluding hydrogens is 260 g/mol. The van der Waals surface area contributed by atoms with Crippen molar-refractivity contribution in [3.63, 3.8) is 0 Å². The maximum Gasteiger partial charge on any atom is 0.351 e. The summed E-state index contributed by atoms with van der Waals surface area (Å²) in [5.41, 5.74) is -0.729. The molecule has 0 radical (unpaired) electrons. The van der Waals surface area contributed by atoms with Gasteiger partial charge in [0.05, 0.1) is 19.2 Å². The Balaban J connectivity index is 2.76. The predicted molar refractivity (Wildman–Crippen MR) is 65.4 cm³/mol. The van der Waals surface area contributed by atoms with E-state index >= 15 is 0 Å². The number of benzene rings is 1. The summed E-state index contributed by atoms with van der Waals surface area (Å²) in [7, 11) is 2.65. The van der Waals surface area contributed by atoms with Crippen LogP contribution in [-0.4, -0.2) is 20.2 Å². The molecule has 0 bridgehead atoms. The van der Waals surface area contributed by atoms with Crippen LogP contribution in [0.15, 0.2) is 27.4 Å². The molecule has 0 fully saturated rings. The highest BCUT2D eigenvalue weighted by molar-refractivity contribution is 6.35. The highest BCUT2D eigenvalue weighted by Gasteiger charge is 2.16. The van der Waals surface area contributed by atoms with Crippen LogP contribution in [0.2, 0.25) is 5.02 Å².